The van der Waals surface area contributed by atoms with Gasteiger partial charge in [0.2, 0.25) is 0 Å². The second kappa shape index (κ2) is 1.95. The molecule has 1 saturated carbocycles. The third-order valence-electron chi connectivity index (χ3n) is 3.00. The second-order valence-corrected chi connectivity index (χ2v) is 3.93. The molecule has 2 bridgehead atoms. The summed E-state index contributed by atoms with van der Waals surface area (Å²) in [7, 11) is 0. The zero-order valence-corrected chi connectivity index (χ0v) is 6.47. The van der Waals surface area contributed by atoms with Gasteiger partial charge in [-0.1, -0.05) is 0 Å². The molecule has 2 N–H and O–H groups in total. The summed E-state index contributed by atoms with van der Waals surface area (Å²) >= 11 is 0. The van der Waals surface area contributed by atoms with Crippen LogP contribution in [0.2, 0.25) is 0 Å². The first kappa shape index (κ1) is 6.62. The molecule has 1 atom stereocenters. The van der Waals surface area contributed by atoms with Crippen molar-refractivity contribution < 1.29 is 4.74 Å². The molecule has 2 aliphatic heterocycles. The Balaban J connectivity index is 1.98. The van der Waals surface area contributed by atoms with E-state index in [0.717, 1.165) is 19.1 Å². The van der Waals surface area contributed by atoms with E-state index in [4.69, 9.17) is 10.5 Å². The van der Waals surface area contributed by atoms with Crippen LogP contribution in [0.1, 0.15) is 19.8 Å². The first-order valence-corrected chi connectivity index (χ1v) is 4.07. The van der Waals surface area contributed by atoms with E-state index in [-0.39, 0.29) is 5.60 Å². The number of fused-ring (bicyclic) bond motifs is 2. The van der Waals surface area contributed by atoms with Gasteiger partial charge >= 0.3 is 0 Å². The molecule has 0 radical (unpaired) electrons. The third kappa shape index (κ3) is 0.789. The van der Waals surface area contributed by atoms with Crippen molar-refractivity contribution in [3.63, 3.8) is 0 Å². The van der Waals surface area contributed by atoms with Gasteiger partial charge in [0, 0.05) is 0 Å². The maximum Gasteiger partial charge on any atom is 0.0660 e. The number of ether oxygens (including phenoxy) is 1. The zero-order chi connectivity index (χ0) is 7.19. The van der Waals surface area contributed by atoms with Crippen LogP contribution < -0.4 is 5.73 Å². The van der Waals surface area contributed by atoms with Gasteiger partial charge in [0.25, 0.3) is 0 Å². The summed E-state index contributed by atoms with van der Waals surface area (Å²) in [6.45, 7) is 3.91. The summed E-state index contributed by atoms with van der Waals surface area (Å²) in [4.78, 5) is 0. The first-order chi connectivity index (χ1) is 4.73. The van der Waals surface area contributed by atoms with Crippen LogP contribution in [-0.2, 0) is 4.74 Å². The van der Waals surface area contributed by atoms with Crippen molar-refractivity contribution in [2.24, 2.45) is 17.6 Å². The average Bonchev–Trinajstić information content (AvgIpc) is 1.86. The van der Waals surface area contributed by atoms with Crippen molar-refractivity contribution in [2.45, 2.75) is 25.4 Å². The lowest BCUT2D eigenvalue weighted by molar-refractivity contribution is -0.193. The molecule has 2 heteroatoms. The van der Waals surface area contributed by atoms with Crippen molar-refractivity contribution in [1.82, 2.24) is 0 Å². The van der Waals surface area contributed by atoms with Crippen molar-refractivity contribution in [2.75, 3.05) is 13.2 Å². The van der Waals surface area contributed by atoms with Crippen molar-refractivity contribution in [3.8, 4) is 0 Å². The van der Waals surface area contributed by atoms with Gasteiger partial charge in [-0.25, -0.2) is 0 Å². The Labute approximate surface area is 61.7 Å². The summed E-state index contributed by atoms with van der Waals surface area (Å²) in [6, 6.07) is 0. The highest BCUT2D eigenvalue weighted by Gasteiger charge is 2.48. The van der Waals surface area contributed by atoms with E-state index in [9.17, 15) is 0 Å². The molecule has 10 heavy (non-hydrogen) atoms. The fourth-order valence-corrected chi connectivity index (χ4v) is 2.21. The fourth-order valence-electron chi connectivity index (χ4n) is 2.21. The van der Waals surface area contributed by atoms with E-state index >= 15 is 0 Å². The van der Waals surface area contributed by atoms with E-state index in [0.29, 0.717) is 5.92 Å². The number of rotatable bonds is 1. The van der Waals surface area contributed by atoms with E-state index in [1.54, 1.807) is 0 Å². The quantitative estimate of drug-likeness (QED) is 0.585. The van der Waals surface area contributed by atoms with Crippen LogP contribution in [0.15, 0.2) is 0 Å². The number of hydrogen-bond acceptors (Lipinski definition) is 2. The highest BCUT2D eigenvalue weighted by atomic mass is 16.5. The maximum absolute atomic E-state index is 5.65. The monoisotopic (exact) mass is 141 g/mol. The molecular formula is C8H15NO. The number of nitrogens with two attached hydrogens (primary N) is 1. The third-order valence-corrected chi connectivity index (χ3v) is 3.00. The Bertz CT molecular complexity index is 135. The standard InChI is InChI=1S/C8H15NO/c1-8-2-6(3-8)7(4-9)5-10-8/h6-7H,2-5,9H2,1H3. The minimum absolute atomic E-state index is 0.246. The molecule has 58 valence electrons. The van der Waals surface area contributed by atoms with Crippen LogP contribution in [0.5, 0.6) is 0 Å². The smallest absolute Gasteiger partial charge is 0.0660 e. The topological polar surface area (TPSA) is 35.2 Å². The first-order valence-electron chi connectivity index (χ1n) is 4.07. The van der Waals surface area contributed by atoms with Crippen LogP contribution in [0, 0.1) is 11.8 Å². The molecule has 0 aromatic heterocycles. The van der Waals surface area contributed by atoms with E-state index < -0.39 is 0 Å². The molecule has 2 saturated heterocycles. The Kier molecular flexibility index (Phi) is 1.29. The van der Waals surface area contributed by atoms with Gasteiger partial charge in [-0.15, -0.1) is 0 Å². The highest BCUT2D eigenvalue weighted by Crippen LogP contribution is 2.48. The fraction of sp³-hybridized carbons (Fsp3) is 1.00. The second-order valence-electron chi connectivity index (χ2n) is 3.93. The molecule has 3 fully saturated rings. The van der Waals surface area contributed by atoms with Gasteiger partial charge in [0.05, 0.1) is 12.2 Å². The molecular weight excluding hydrogens is 126 g/mol. The number of hydrogen-bond donors (Lipinski definition) is 1. The molecule has 1 unspecified atom stereocenters. The highest BCUT2D eigenvalue weighted by molar-refractivity contribution is 4.99. The molecule has 3 rings (SSSR count). The Morgan fingerprint density at radius 1 is 1.60 bits per heavy atom. The summed E-state index contributed by atoms with van der Waals surface area (Å²) in [5, 5.41) is 0. The predicted molar refractivity (Wildman–Crippen MR) is 39.6 cm³/mol. The molecule has 0 spiro atoms. The minimum Gasteiger partial charge on any atom is -0.375 e. The molecule has 0 aromatic rings. The van der Waals surface area contributed by atoms with Crippen molar-refractivity contribution in [1.29, 1.82) is 0 Å². The van der Waals surface area contributed by atoms with E-state index in [2.05, 4.69) is 6.92 Å². The van der Waals surface area contributed by atoms with Gasteiger partial charge < -0.3 is 10.5 Å². The Hall–Kier alpha value is -0.0800. The SMILES string of the molecule is CC12CC(C1)C(CN)CO2. The molecule has 1 aliphatic carbocycles. The molecule has 3 aliphatic rings. The van der Waals surface area contributed by atoms with Crippen molar-refractivity contribution in [3.05, 3.63) is 0 Å². The molecule has 2 nitrogen and oxygen atoms in total. The van der Waals surface area contributed by atoms with E-state index in [1.165, 1.54) is 12.8 Å². The molecule has 0 amide bonds. The van der Waals surface area contributed by atoms with Crippen LogP contribution >= 0.6 is 0 Å². The van der Waals surface area contributed by atoms with Crippen LogP contribution in [0.4, 0.5) is 0 Å². The van der Waals surface area contributed by atoms with Gasteiger partial charge in [0.15, 0.2) is 0 Å². The lowest BCUT2D eigenvalue weighted by Crippen LogP contribution is -2.55. The average molecular weight is 141 g/mol. The maximum atomic E-state index is 5.65. The summed E-state index contributed by atoms with van der Waals surface area (Å²) in [5.41, 5.74) is 5.83. The normalized spacial score (nSPS) is 52.2. The minimum atomic E-state index is 0.246. The van der Waals surface area contributed by atoms with Gasteiger partial charge in [-0.05, 0) is 38.1 Å². The molecule has 2 heterocycles. The predicted octanol–water partition coefficient (Wildman–Crippen LogP) is 0.760. The lowest BCUT2D eigenvalue weighted by Gasteiger charge is -2.53. The van der Waals surface area contributed by atoms with Gasteiger partial charge in [-0.3, -0.25) is 0 Å². The Morgan fingerprint density at radius 2 is 2.30 bits per heavy atom. The largest absolute Gasteiger partial charge is 0.375 e. The Morgan fingerprint density at radius 3 is 2.70 bits per heavy atom. The zero-order valence-electron chi connectivity index (χ0n) is 6.47. The molecule has 0 aromatic carbocycles. The van der Waals surface area contributed by atoms with Crippen LogP contribution in [0.3, 0.4) is 0 Å². The van der Waals surface area contributed by atoms with Crippen molar-refractivity contribution >= 4 is 0 Å². The van der Waals surface area contributed by atoms with Crippen LogP contribution in [0.25, 0.3) is 0 Å². The van der Waals surface area contributed by atoms with Gasteiger partial charge in [-0.2, -0.15) is 0 Å². The lowest BCUT2D eigenvalue weighted by atomic mass is 9.64. The summed E-state index contributed by atoms with van der Waals surface area (Å²) < 4.78 is 5.65. The van der Waals surface area contributed by atoms with E-state index in [1.807, 2.05) is 0 Å². The summed E-state index contributed by atoms with van der Waals surface area (Å²) in [5.74, 6) is 1.53. The summed E-state index contributed by atoms with van der Waals surface area (Å²) in [6.07, 6.45) is 2.49. The van der Waals surface area contributed by atoms with Crippen LogP contribution in [-0.4, -0.2) is 18.8 Å². The van der Waals surface area contributed by atoms with Gasteiger partial charge in [0.1, 0.15) is 0 Å².